The molecule has 0 saturated carbocycles. The maximum Gasteiger partial charge on any atom is 0.221 e. The van der Waals surface area contributed by atoms with Gasteiger partial charge >= 0.3 is 0 Å². The number of anilines is 1. The summed E-state index contributed by atoms with van der Waals surface area (Å²) >= 11 is 3.06. The summed E-state index contributed by atoms with van der Waals surface area (Å²) in [6.07, 6.45) is 3.36. The van der Waals surface area contributed by atoms with Crippen molar-refractivity contribution in [2.75, 3.05) is 5.73 Å². The van der Waals surface area contributed by atoms with Gasteiger partial charge in [0.05, 0.1) is 11.1 Å². The Kier molecular flexibility index (Phi) is 4.05. The molecule has 1 unspecified atom stereocenters. The van der Waals surface area contributed by atoms with Crippen molar-refractivity contribution in [2.24, 2.45) is 5.92 Å². The number of tetrazole rings is 1. The van der Waals surface area contributed by atoms with Gasteiger partial charge in [0.15, 0.2) is 5.16 Å². The number of fused-ring (bicyclic) bond motifs is 3. The van der Waals surface area contributed by atoms with Gasteiger partial charge in [0.2, 0.25) is 5.16 Å². The predicted molar refractivity (Wildman–Crippen MR) is 106 cm³/mol. The van der Waals surface area contributed by atoms with Crippen molar-refractivity contribution in [3.05, 3.63) is 40.8 Å². The first-order chi connectivity index (χ1) is 13.2. The highest BCUT2D eigenvalue weighted by molar-refractivity contribution is 7.99. The van der Waals surface area contributed by atoms with Crippen molar-refractivity contribution in [2.45, 2.75) is 36.5 Å². The van der Waals surface area contributed by atoms with Crippen LogP contribution in [0.4, 0.5) is 5.82 Å². The zero-order valence-electron chi connectivity index (χ0n) is 14.7. The van der Waals surface area contributed by atoms with Crippen LogP contribution in [0, 0.1) is 5.92 Å². The Labute approximate surface area is 164 Å². The molecule has 0 saturated heterocycles. The molecular formula is C18H17N7S2. The first-order valence-corrected chi connectivity index (χ1v) is 10.4. The van der Waals surface area contributed by atoms with E-state index in [2.05, 4.69) is 27.4 Å². The molecule has 9 heteroatoms. The van der Waals surface area contributed by atoms with E-state index in [0.717, 1.165) is 28.7 Å². The molecule has 1 aromatic carbocycles. The topological polar surface area (TPSA) is 95.4 Å². The van der Waals surface area contributed by atoms with Gasteiger partial charge in [-0.15, -0.1) is 16.4 Å². The number of thiophene rings is 1. The minimum Gasteiger partial charge on any atom is -0.383 e. The smallest absolute Gasteiger partial charge is 0.221 e. The molecule has 1 aliphatic carbocycles. The van der Waals surface area contributed by atoms with Crippen molar-refractivity contribution < 1.29 is 0 Å². The van der Waals surface area contributed by atoms with Crippen LogP contribution in [-0.4, -0.2) is 30.2 Å². The number of hydrogen-bond donors (Lipinski definition) is 1. The largest absolute Gasteiger partial charge is 0.383 e. The molecule has 27 heavy (non-hydrogen) atoms. The molecular weight excluding hydrogens is 378 g/mol. The van der Waals surface area contributed by atoms with Gasteiger partial charge < -0.3 is 5.73 Å². The normalized spacial score (nSPS) is 16.6. The maximum absolute atomic E-state index is 6.32. The number of aryl methyl sites for hydroxylation is 1. The fourth-order valence-corrected chi connectivity index (χ4v) is 5.65. The van der Waals surface area contributed by atoms with E-state index in [1.807, 2.05) is 30.3 Å². The molecule has 0 spiro atoms. The van der Waals surface area contributed by atoms with Crippen LogP contribution in [0.3, 0.4) is 0 Å². The number of benzene rings is 1. The third-order valence-electron chi connectivity index (χ3n) is 4.79. The highest BCUT2D eigenvalue weighted by Gasteiger charge is 2.23. The number of para-hydroxylation sites is 1. The maximum atomic E-state index is 6.32. The Balaban J connectivity index is 1.53. The summed E-state index contributed by atoms with van der Waals surface area (Å²) in [6, 6.07) is 9.75. The monoisotopic (exact) mass is 395 g/mol. The number of aromatic nitrogens is 6. The van der Waals surface area contributed by atoms with Crippen LogP contribution >= 0.6 is 23.1 Å². The van der Waals surface area contributed by atoms with Crippen LogP contribution in [0.15, 0.2) is 40.6 Å². The fraction of sp³-hybridized carbons (Fsp3) is 0.278. The van der Waals surface area contributed by atoms with Gasteiger partial charge in [-0.1, -0.05) is 25.1 Å². The van der Waals surface area contributed by atoms with E-state index in [1.54, 1.807) is 16.0 Å². The number of rotatable bonds is 3. The zero-order valence-corrected chi connectivity index (χ0v) is 16.3. The summed E-state index contributed by atoms with van der Waals surface area (Å²) in [5.74, 6) is 1.26. The van der Waals surface area contributed by atoms with E-state index >= 15 is 0 Å². The second-order valence-corrected chi connectivity index (χ2v) is 8.75. The lowest BCUT2D eigenvalue weighted by Gasteiger charge is -2.17. The second kappa shape index (κ2) is 6.58. The van der Waals surface area contributed by atoms with Crippen LogP contribution in [-0.2, 0) is 12.8 Å². The average molecular weight is 396 g/mol. The molecule has 1 aliphatic rings. The standard InChI is InChI=1S/C18H17N7S2/c1-10-7-8-12-13(9-10)26-16-14(12)15(19)20-17(21-16)27-18-22-23-24-25(18)11-5-3-2-4-6-11/h2-6,10H,7-9H2,1H3,(H2,19,20,21). The Morgan fingerprint density at radius 1 is 1.22 bits per heavy atom. The van der Waals surface area contributed by atoms with Gasteiger partial charge in [-0.05, 0) is 65.1 Å². The molecule has 2 N–H and O–H groups in total. The van der Waals surface area contributed by atoms with Crippen molar-refractivity contribution in [3.63, 3.8) is 0 Å². The van der Waals surface area contributed by atoms with Gasteiger partial charge in [-0.3, -0.25) is 0 Å². The van der Waals surface area contributed by atoms with Crippen molar-refractivity contribution in [1.29, 1.82) is 0 Å². The van der Waals surface area contributed by atoms with E-state index in [1.165, 1.54) is 28.6 Å². The summed E-state index contributed by atoms with van der Waals surface area (Å²) < 4.78 is 1.68. The SMILES string of the molecule is CC1CCc2c(sc3nc(Sc4nnnn4-c4ccccc4)nc(N)c23)C1. The van der Waals surface area contributed by atoms with Gasteiger partial charge in [0.25, 0.3) is 0 Å². The Bertz CT molecular complexity index is 1120. The first-order valence-electron chi connectivity index (χ1n) is 8.78. The molecule has 4 aromatic rings. The van der Waals surface area contributed by atoms with E-state index < -0.39 is 0 Å². The van der Waals surface area contributed by atoms with E-state index in [0.29, 0.717) is 22.0 Å². The molecule has 0 bridgehead atoms. The molecule has 7 nitrogen and oxygen atoms in total. The van der Waals surface area contributed by atoms with Gasteiger partial charge in [0.1, 0.15) is 10.6 Å². The number of nitrogens with two attached hydrogens (primary N) is 1. The number of hydrogen-bond acceptors (Lipinski definition) is 8. The second-order valence-electron chi connectivity index (χ2n) is 6.73. The van der Waals surface area contributed by atoms with Crippen LogP contribution in [0.25, 0.3) is 15.9 Å². The summed E-state index contributed by atoms with van der Waals surface area (Å²) in [5, 5.41) is 14.2. The number of nitrogens with zero attached hydrogens (tertiary/aromatic N) is 6. The lowest BCUT2D eigenvalue weighted by atomic mass is 9.89. The first kappa shape index (κ1) is 16.6. The fourth-order valence-electron chi connectivity index (χ4n) is 3.45. The molecule has 0 radical (unpaired) electrons. The third-order valence-corrected chi connectivity index (χ3v) is 6.74. The van der Waals surface area contributed by atoms with Crippen molar-refractivity contribution in [3.8, 4) is 5.69 Å². The molecule has 3 aromatic heterocycles. The number of nitrogen functional groups attached to an aromatic ring is 1. The van der Waals surface area contributed by atoms with Crippen LogP contribution < -0.4 is 5.73 Å². The summed E-state index contributed by atoms with van der Waals surface area (Å²) in [4.78, 5) is 11.7. The molecule has 3 heterocycles. The van der Waals surface area contributed by atoms with E-state index in [-0.39, 0.29) is 0 Å². The molecule has 136 valence electrons. The van der Waals surface area contributed by atoms with Crippen LogP contribution in [0.2, 0.25) is 0 Å². The Morgan fingerprint density at radius 2 is 2.07 bits per heavy atom. The quantitative estimate of drug-likeness (QED) is 0.530. The van der Waals surface area contributed by atoms with Gasteiger partial charge in [0, 0.05) is 4.88 Å². The summed E-state index contributed by atoms with van der Waals surface area (Å²) in [6.45, 7) is 2.30. The molecule has 0 fully saturated rings. The van der Waals surface area contributed by atoms with Crippen molar-refractivity contribution in [1.82, 2.24) is 30.2 Å². The summed E-state index contributed by atoms with van der Waals surface area (Å²) in [5.41, 5.74) is 8.55. The molecule has 0 amide bonds. The predicted octanol–water partition coefficient (Wildman–Crippen LogP) is 3.53. The Hall–Kier alpha value is -2.52. The van der Waals surface area contributed by atoms with Crippen molar-refractivity contribution >= 4 is 39.1 Å². The third kappa shape index (κ3) is 2.96. The zero-order chi connectivity index (χ0) is 18.4. The highest BCUT2D eigenvalue weighted by atomic mass is 32.2. The minimum atomic E-state index is 0.549. The highest BCUT2D eigenvalue weighted by Crippen LogP contribution is 2.40. The summed E-state index contributed by atoms with van der Waals surface area (Å²) in [7, 11) is 0. The minimum absolute atomic E-state index is 0.549. The lowest BCUT2D eigenvalue weighted by molar-refractivity contribution is 0.509. The Morgan fingerprint density at radius 3 is 2.93 bits per heavy atom. The van der Waals surface area contributed by atoms with Crippen LogP contribution in [0.5, 0.6) is 0 Å². The van der Waals surface area contributed by atoms with E-state index in [4.69, 9.17) is 10.7 Å². The van der Waals surface area contributed by atoms with E-state index in [9.17, 15) is 0 Å². The molecule has 1 atom stereocenters. The average Bonchev–Trinajstić information content (AvgIpc) is 3.26. The lowest BCUT2D eigenvalue weighted by Crippen LogP contribution is -2.09. The van der Waals surface area contributed by atoms with Crippen LogP contribution in [0.1, 0.15) is 23.8 Å². The molecule has 5 rings (SSSR count). The van der Waals surface area contributed by atoms with Gasteiger partial charge in [-0.25, -0.2) is 9.97 Å². The molecule has 0 aliphatic heterocycles. The van der Waals surface area contributed by atoms with Gasteiger partial charge in [-0.2, -0.15) is 4.68 Å².